The van der Waals surface area contributed by atoms with Gasteiger partial charge in [0.25, 0.3) is 5.91 Å². The highest BCUT2D eigenvalue weighted by Gasteiger charge is 2.27. The van der Waals surface area contributed by atoms with Gasteiger partial charge in [0.05, 0.1) is 0 Å². The van der Waals surface area contributed by atoms with Gasteiger partial charge in [0.15, 0.2) is 6.61 Å². The van der Waals surface area contributed by atoms with E-state index in [0.29, 0.717) is 12.3 Å². The van der Waals surface area contributed by atoms with E-state index in [0.717, 1.165) is 28.3 Å². The van der Waals surface area contributed by atoms with Gasteiger partial charge in [-0.3, -0.25) is 9.59 Å². The number of hydrogen-bond donors (Lipinski definition) is 1. The summed E-state index contributed by atoms with van der Waals surface area (Å²) in [5, 5.41) is 4.99. The van der Waals surface area contributed by atoms with Crippen LogP contribution in [0.15, 0.2) is 66.7 Å². The van der Waals surface area contributed by atoms with E-state index in [2.05, 4.69) is 5.32 Å². The van der Waals surface area contributed by atoms with Crippen LogP contribution in [0.1, 0.15) is 38.3 Å². The number of amides is 2. The fourth-order valence-corrected chi connectivity index (χ4v) is 3.60. The molecule has 0 aliphatic heterocycles. The van der Waals surface area contributed by atoms with Crippen molar-refractivity contribution in [3.63, 3.8) is 0 Å². The summed E-state index contributed by atoms with van der Waals surface area (Å²) in [6, 6.07) is 21.1. The first-order valence-electron chi connectivity index (χ1n) is 11.1. The van der Waals surface area contributed by atoms with Crippen molar-refractivity contribution in [2.45, 2.75) is 52.7 Å². The van der Waals surface area contributed by atoms with E-state index in [1.54, 1.807) is 11.8 Å². The number of benzene rings is 3. The Bertz CT molecular complexity index is 1070. The van der Waals surface area contributed by atoms with E-state index in [1.165, 1.54) is 0 Å². The molecule has 5 nitrogen and oxygen atoms in total. The Labute approximate surface area is 190 Å². The number of aryl methyl sites for hydroxylation is 1. The molecule has 3 rings (SSSR count). The van der Waals surface area contributed by atoms with Crippen molar-refractivity contribution in [3.05, 3.63) is 77.9 Å². The van der Waals surface area contributed by atoms with Crippen LogP contribution in [0, 0.1) is 6.92 Å². The molecule has 3 aromatic rings. The zero-order valence-corrected chi connectivity index (χ0v) is 19.3. The molecule has 0 saturated heterocycles. The van der Waals surface area contributed by atoms with Crippen LogP contribution in [0.25, 0.3) is 10.8 Å². The highest BCUT2D eigenvalue weighted by Crippen LogP contribution is 2.25. The molecule has 168 valence electrons. The number of nitrogens with zero attached hydrogens (tertiary/aromatic N) is 1. The van der Waals surface area contributed by atoms with Gasteiger partial charge in [-0.1, -0.05) is 73.2 Å². The maximum absolute atomic E-state index is 13.3. The van der Waals surface area contributed by atoms with Crippen LogP contribution in [0.2, 0.25) is 0 Å². The van der Waals surface area contributed by atoms with E-state index in [1.807, 2.05) is 87.5 Å². The molecule has 0 radical (unpaired) electrons. The highest BCUT2D eigenvalue weighted by molar-refractivity contribution is 5.90. The fourth-order valence-electron chi connectivity index (χ4n) is 3.60. The fraction of sp³-hybridized carbons (Fsp3) is 0.333. The second-order valence-electron chi connectivity index (χ2n) is 8.27. The summed E-state index contributed by atoms with van der Waals surface area (Å²) in [7, 11) is 0. The highest BCUT2D eigenvalue weighted by atomic mass is 16.5. The largest absolute Gasteiger partial charge is 0.483 e. The van der Waals surface area contributed by atoms with Crippen LogP contribution in [-0.2, 0) is 16.1 Å². The minimum atomic E-state index is -0.617. The summed E-state index contributed by atoms with van der Waals surface area (Å²) < 4.78 is 5.93. The molecule has 0 bridgehead atoms. The van der Waals surface area contributed by atoms with Crippen molar-refractivity contribution < 1.29 is 14.3 Å². The van der Waals surface area contributed by atoms with Gasteiger partial charge in [-0.05, 0) is 44.2 Å². The van der Waals surface area contributed by atoms with Gasteiger partial charge in [-0.2, -0.15) is 0 Å². The summed E-state index contributed by atoms with van der Waals surface area (Å²) in [5.74, 6) is 0.264. The summed E-state index contributed by atoms with van der Waals surface area (Å²) in [6.45, 7) is 7.96. The number of rotatable bonds is 9. The predicted octanol–water partition coefficient (Wildman–Crippen LogP) is 4.86. The first kappa shape index (κ1) is 23.3. The van der Waals surface area contributed by atoms with Crippen LogP contribution >= 0.6 is 0 Å². The lowest BCUT2D eigenvalue weighted by atomic mass is 10.1. The third-order valence-corrected chi connectivity index (χ3v) is 5.70. The van der Waals surface area contributed by atoms with Crippen LogP contribution in [0.4, 0.5) is 0 Å². The topological polar surface area (TPSA) is 58.6 Å². The number of nitrogens with one attached hydrogen (secondary N) is 1. The second-order valence-corrected chi connectivity index (χ2v) is 8.27. The zero-order chi connectivity index (χ0) is 23.1. The third-order valence-electron chi connectivity index (χ3n) is 5.70. The summed E-state index contributed by atoms with van der Waals surface area (Å²) in [6.07, 6.45) is 0.828. The van der Waals surface area contributed by atoms with Gasteiger partial charge >= 0.3 is 0 Å². The third kappa shape index (κ3) is 5.88. The van der Waals surface area contributed by atoms with E-state index in [4.69, 9.17) is 4.74 Å². The number of fused-ring (bicyclic) bond motifs is 1. The van der Waals surface area contributed by atoms with Crippen molar-refractivity contribution in [1.29, 1.82) is 0 Å². The van der Waals surface area contributed by atoms with Crippen molar-refractivity contribution in [2.75, 3.05) is 6.61 Å². The molecule has 0 unspecified atom stereocenters. The normalized spacial score (nSPS) is 12.8. The van der Waals surface area contributed by atoms with Crippen LogP contribution in [-0.4, -0.2) is 35.4 Å². The number of hydrogen-bond acceptors (Lipinski definition) is 3. The monoisotopic (exact) mass is 432 g/mol. The quantitative estimate of drug-likeness (QED) is 0.525. The van der Waals surface area contributed by atoms with Gasteiger partial charge in [0, 0.05) is 18.0 Å². The molecule has 0 fully saturated rings. The van der Waals surface area contributed by atoms with E-state index < -0.39 is 6.04 Å². The molecule has 0 aliphatic rings. The first-order valence-corrected chi connectivity index (χ1v) is 11.1. The van der Waals surface area contributed by atoms with Crippen LogP contribution < -0.4 is 10.1 Å². The second kappa shape index (κ2) is 10.8. The van der Waals surface area contributed by atoms with Crippen molar-refractivity contribution in [2.24, 2.45) is 0 Å². The molecule has 0 spiro atoms. The Kier molecular flexibility index (Phi) is 7.87. The Balaban J connectivity index is 1.79. The molecule has 3 aromatic carbocycles. The lowest BCUT2D eigenvalue weighted by Crippen LogP contribution is -2.50. The van der Waals surface area contributed by atoms with Gasteiger partial charge < -0.3 is 15.0 Å². The average Bonchev–Trinajstić information content (AvgIpc) is 2.80. The van der Waals surface area contributed by atoms with Crippen molar-refractivity contribution >= 4 is 22.6 Å². The lowest BCUT2D eigenvalue weighted by molar-refractivity contribution is -0.142. The molecule has 32 heavy (non-hydrogen) atoms. The van der Waals surface area contributed by atoms with Gasteiger partial charge in [0.2, 0.25) is 5.91 Å². The van der Waals surface area contributed by atoms with Crippen molar-refractivity contribution in [3.8, 4) is 5.75 Å². The first-order chi connectivity index (χ1) is 15.4. The molecule has 5 heteroatoms. The predicted molar refractivity (Wildman–Crippen MR) is 129 cm³/mol. The van der Waals surface area contributed by atoms with Gasteiger partial charge in [0.1, 0.15) is 11.8 Å². The van der Waals surface area contributed by atoms with Gasteiger partial charge in [-0.15, -0.1) is 0 Å². The number of ether oxygens (including phenoxy) is 1. The Morgan fingerprint density at radius 1 is 1.00 bits per heavy atom. The molecule has 0 aliphatic carbocycles. The molecular weight excluding hydrogens is 400 g/mol. The van der Waals surface area contributed by atoms with E-state index >= 15 is 0 Å². The SMILES string of the molecule is CC[C@@H](C)NC(=O)[C@H](C)N(Cc1cccc(C)c1)C(=O)COc1cccc2ccccc12. The minimum Gasteiger partial charge on any atom is -0.483 e. The summed E-state index contributed by atoms with van der Waals surface area (Å²) in [4.78, 5) is 27.7. The molecule has 2 atom stereocenters. The van der Waals surface area contributed by atoms with E-state index in [-0.39, 0.29) is 24.5 Å². The maximum Gasteiger partial charge on any atom is 0.261 e. The summed E-state index contributed by atoms with van der Waals surface area (Å²) >= 11 is 0. The summed E-state index contributed by atoms with van der Waals surface area (Å²) in [5.41, 5.74) is 2.09. The van der Waals surface area contributed by atoms with Crippen LogP contribution in [0.5, 0.6) is 5.75 Å². The molecule has 0 aromatic heterocycles. The Morgan fingerprint density at radius 3 is 2.47 bits per heavy atom. The smallest absolute Gasteiger partial charge is 0.261 e. The van der Waals surface area contributed by atoms with Crippen molar-refractivity contribution in [1.82, 2.24) is 10.2 Å². The lowest BCUT2D eigenvalue weighted by Gasteiger charge is -2.29. The Hall–Kier alpha value is -3.34. The standard InChI is InChI=1S/C27H32N2O3/c1-5-20(3)28-27(31)21(4)29(17-22-11-8-10-19(2)16-22)26(30)18-32-25-15-9-13-23-12-6-7-14-24(23)25/h6-16,20-21H,5,17-18H2,1-4H3,(H,28,31)/t20-,21+/m1/s1. The molecule has 1 N–H and O–H groups in total. The zero-order valence-electron chi connectivity index (χ0n) is 19.3. The minimum absolute atomic E-state index is 0.0489. The van der Waals surface area contributed by atoms with Crippen LogP contribution in [0.3, 0.4) is 0 Å². The number of carbonyl (C=O) groups excluding carboxylic acids is 2. The number of carbonyl (C=O) groups is 2. The molecule has 2 amide bonds. The van der Waals surface area contributed by atoms with Gasteiger partial charge in [-0.25, -0.2) is 0 Å². The Morgan fingerprint density at radius 2 is 1.72 bits per heavy atom. The molecular formula is C27H32N2O3. The molecule has 0 saturated carbocycles. The maximum atomic E-state index is 13.3. The van der Waals surface area contributed by atoms with E-state index in [9.17, 15) is 9.59 Å². The average molecular weight is 433 g/mol. The molecule has 0 heterocycles.